The highest BCUT2D eigenvalue weighted by Gasteiger charge is 1.95. The number of hydrogen-bond acceptors (Lipinski definition) is 4. The van der Waals surface area contributed by atoms with Crippen molar-refractivity contribution in [1.29, 1.82) is 0 Å². The van der Waals surface area contributed by atoms with E-state index < -0.39 is 0 Å². The number of hydrogen-bond donors (Lipinski definition) is 1. The van der Waals surface area contributed by atoms with Gasteiger partial charge >= 0.3 is 0 Å². The van der Waals surface area contributed by atoms with E-state index in [0.29, 0.717) is 5.82 Å². The Bertz CT molecular complexity index is 241. The summed E-state index contributed by atoms with van der Waals surface area (Å²) in [4.78, 5) is 3.93. The largest absolute Gasteiger partial charge is 0.369 e. The number of halogens is 1. The fourth-order valence-electron chi connectivity index (χ4n) is 0.760. The summed E-state index contributed by atoms with van der Waals surface area (Å²) in [6.45, 7) is 3.03. The third kappa shape index (κ3) is 3.00. The minimum atomic E-state index is 0.177. The highest BCUT2D eigenvalue weighted by atomic mass is 35.5. The van der Waals surface area contributed by atoms with Crippen molar-refractivity contribution >= 4 is 17.4 Å². The number of rotatable bonds is 4. The first-order chi connectivity index (χ1) is 5.83. The molecule has 1 aromatic heterocycles. The van der Waals surface area contributed by atoms with Crippen LogP contribution in [-0.2, 0) is 0 Å². The second-order valence-electron chi connectivity index (χ2n) is 2.39. The third-order valence-electron chi connectivity index (χ3n) is 1.37. The Morgan fingerprint density at radius 3 is 3.08 bits per heavy atom. The summed E-state index contributed by atoms with van der Waals surface area (Å²) in [5.74, 6) is 0.684. The van der Waals surface area contributed by atoms with Gasteiger partial charge < -0.3 is 5.32 Å². The molecule has 66 valence electrons. The Morgan fingerprint density at radius 2 is 2.42 bits per heavy atom. The number of nitrogens with one attached hydrogen (secondary N) is 1. The average molecular weight is 187 g/mol. The molecule has 0 radical (unpaired) electrons. The van der Waals surface area contributed by atoms with Crippen LogP contribution in [0.15, 0.2) is 6.20 Å². The molecule has 0 atom stereocenters. The molecular weight excluding hydrogens is 176 g/mol. The Labute approximate surface area is 76.4 Å². The quantitative estimate of drug-likeness (QED) is 0.728. The smallest absolute Gasteiger partial charge is 0.244 e. The second-order valence-corrected chi connectivity index (χ2v) is 2.73. The van der Waals surface area contributed by atoms with Crippen LogP contribution < -0.4 is 5.32 Å². The fourth-order valence-corrected chi connectivity index (χ4v) is 0.895. The zero-order valence-electron chi connectivity index (χ0n) is 6.92. The molecule has 1 rings (SSSR count). The lowest BCUT2D eigenvalue weighted by Crippen LogP contribution is -2.03. The molecule has 0 fully saturated rings. The van der Waals surface area contributed by atoms with Crippen LogP contribution in [0.25, 0.3) is 0 Å². The third-order valence-corrected chi connectivity index (χ3v) is 1.53. The van der Waals surface area contributed by atoms with Gasteiger partial charge in [-0.3, -0.25) is 0 Å². The zero-order chi connectivity index (χ0) is 8.81. The van der Waals surface area contributed by atoms with E-state index in [-0.39, 0.29) is 5.28 Å². The van der Waals surface area contributed by atoms with Gasteiger partial charge in [-0.15, -0.1) is 5.10 Å². The van der Waals surface area contributed by atoms with Crippen LogP contribution in [0, 0.1) is 0 Å². The molecule has 1 N–H and O–H groups in total. The zero-order valence-corrected chi connectivity index (χ0v) is 7.67. The summed E-state index contributed by atoms with van der Waals surface area (Å²) in [6.07, 6.45) is 3.82. The molecule has 0 bridgehead atoms. The van der Waals surface area contributed by atoms with E-state index in [0.717, 1.165) is 19.4 Å². The van der Waals surface area contributed by atoms with Crippen LogP contribution >= 0.6 is 11.6 Å². The number of nitrogens with zero attached hydrogens (tertiary/aromatic N) is 3. The predicted octanol–water partition coefficient (Wildman–Crippen LogP) is 1.74. The van der Waals surface area contributed by atoms with Crippen molar-refractivity contribution in [2.24, 2.45) is 0 Å². The molecule has 0 aliphatic heterocycles. The van der Waals surface area contributed by atoms with E-state index in [1.807, 2.05) is 0 Å². The summed E-state index contributed by atoms with van der Waals surface area (Å²) >= 11 is 5.53. The summed E-state index contributed by atoms with van der Waals surface area (Å²) in [5.41, 5.74) is 0. The monoisotopic (exact) mass is 186 g/mol. The minimum absolute atomic E-state index is 0.177. The molecule has 0 aliphatic rings. The first-order valence-electron chi connectivity index (χ1n) is 3.92. The van der Waals surface area contributed by atoms with Crippen LogP contribution in [0.1, 0.15) is 19.8 Å². The SMILES string of the molecule is CCCCNc1cnnc(Cl)n1. The normalized spacial score (nSPS) is 9.83. The van der Waals surface area contributed by atoms with Gasteiger partial charge in [-0.25, -0.2) is 0 Å². The molecule has 1 aromatic rings. The molecule has 1 heterocycles. The Morgan fingerprint density at radius 1 is 1.58 bits per heavy atom. The standard InChI is InChI=1S/C7H11ClN4/c1-2-3-4-9-6-5-10-12-7(8)11-6/h5H,2-4H2,1H3,(H,9,11,12). The van der Waals surface area contributed by atoms with Gasteiger partial charge in [0.05, 0.1) is 6.20 Å². The van der Waals surface area contributed by atoms with Crippen molar-refractivity contribution in [3.8, 4) is 0 Å². The topological polar surface area (TPSA) is 50.7 Å². The van der Waals surface area contributed by atoms with E-state index in [2.05, 4.69) is 27.4 Å². The van der Waals surface area contributed by atoms with Crippen molar-refractivity contribution in [1.82, 2.24) is 15.2 Å². The molecule has 0 aromatic carbocycles. The van der Waals surface area contributed by atoms with Gasteiger partial charge in [-0.2, -0.15) is 10.1 Å². The number of anilines is 1. The molecular formula is C7H11ClN4. The minimum Gasteiger partial charge on any atom is -0.369 e. The highest BCUT2D eigenvalue weighted by molar-refractivity contribution is 6.28. The summed E-state index contributed by atoms with van der Waals surface area (Å²) in [6, 6.07) is 0. The summed E-state index contributed by atoms with van der Waals surface area (Å²) < 4.78 is 0. The van der Waals surface area contributed by atoms with Crippen LogP contribution in [0.5, 0.6) is 0 Å². The molecule has 0 saturated heterocycles. The highest BCUT2D eigenvalue weighted by Crippen LogP contribution is 2.03. The Balaban J connectivity index is 2.41. The molecule has 5 heteroatoms. The van der Waals surface area contributed by atoms with Gasteiger partial charge in [0.15, 0.2) is 0 Å². The maximum atomic E-state index is 5.53. The first kappa shape index (κ1) is 9.19. The van der Waals surface area contributed by atoms with Crippen molar-refractivity contribution in [3.63, 3.8) is 0 Å². The summed E-state index contributed by atoms with van der Waals surface area (Å²) in [7, 11) is 0. The van der Waals surface area contributed by atoms with Crippen molar-refractivity contribution in [3.05, 3.63) is 11.5 Å². The van der Waals surface area contributed by atoms with E-state index in [9.17, 15) is 0 Å². The maximum absolute atomic E-state index is 5.53. The van der Waals surface area contributed by atoms with Crippen LogP contribution in [0.4, 0.5) is 5.82 Å². The van der Waals surface area contributed by atoms with E-state index in [1.54, 1.807) is 6.20 Å². The second kappa shape index (κ2) is 4.87. The maximum Gasteiger partial charge on any atom is 0.244 e. The van der Waals surface area contributed by atoms with E-state index in [4.69, 9.17) is 11.6 Å². The molecule has 4 nitrogen and oxygen atoms in total. The first-order valence-corrected chi connectivity index (χ1v) is 4.30. The predicted molar refractivity (Wildman–Crippen MR) is 48.2 cm³/mol. The molecule has 0 spiro atoms. The number of unbranched alkanes of at least 4 members (excludes halogenated alkanes) is 1. The lowest BCUT2D eigenvalue weighted by Gasteiger charge is -2.02. The van der Waals surface area contributed by atoms with E-state index >= 15 is 0 Å². The average Bonchev–Trinajstić information content (AvgIpc) is 2.05. The van der Waals surface area contributed by atoms with Crippen LogP contribution in [0.2, 0.25) is 5.28 Å². The van der Waals surface area contributed by atoms with Crippen molar-refractivity contribution < 1.29 is 0 Å². The van der Waals surface area contributed by atoms with Gasteiger partial charge in [-0.1, -0.05) is 13.3 Å². The van der Waals surface area contributed by atoms with Gasteiger partial charge in [0.1, 0.15) is 5.82 Å². The lowest BCUT2D eigenvalue weighted by molar-refractivity contribution is 0.826. The molecule has 0 unspecified atom stereocenters. The van der Waals surface area contributed by atoms with Crippen molar-refractivity contribution in [2.45, 2.75) is 19.8 Å². The molecule has 12 heavy (non-hydrogen) atoms. The van der Waals surface area contributed by atoms with Crippen LogP contribution in [0.3, 0.4) is 0 Å². The summed E-state index contributed by atoms with van der Waals surface area (Å²) in [5, 5.41) is 10.5. The lowest BCUT2D eigenvalue weighted by atomic mass is 10.3. The number of aromatic nitrogens is 3. The van der Waals surface area contributed by atoms with Gasteiger partial charge in [0, 0.05) is 6.54 Å². The van der Waals surface area contributed by atoms with Gasteiger partial charge in [0.25, 0.3) is 0 Å². The van der Waals surface area contributed by atoms with Gasteiger partial charge in [0.2, 0.25) is 5.28 Å². The van der Waals surface area contributed by atoms with Crippen molar-refractivity contribution in [2.75, 3.05) is 11.9 Å². The van der Waals surface area contributed by atoms with Gasteiger partial charge in [-0.05, 0) is 18.0 Å². The fraction of sp³-hybridized carbons (Fsp3) is 0.571. The molecule has 0 saturated carbocycles. The Kier molecular flexibility index (Phi) is 3.73. The van der Waals surface area contributed by atoms with E-state index in [1.165, 1.54) is 0 Å². The molecule has 0 amide bonds. The Hall–Kier alpha value is -0.900. The molecule has 0 aliphatic carbocycles. The van der Waals surface area contributed by atoms with Crippen LogP contribution in [-0.4, -0.2) is 21.7 Å².